The van der Waals surface area contributed by atoms with E-state index in [2.05, 4.69) is 5.32 Å². The Kier molecular flexibility index (Phi) is 7.26. The van der Waals surface area contributed by atoms with Gasteiger partial charge in [0.05, 0.1) is 18.6 Å². The first kappa shape index (κ1) is 23.9. The largest absolute Gasteiger partial charge is 0.486 e. The Labute approximate surface area is 196 Å². The van der Waals surface area contributed by atoms with E-state index in [9.17, 15) is 19.1 Å². The van der Waals surface area contributed by atoms with Crippen molar-refractivity contribution in [3.8, 4) is 5.75 Å². The van der Waals surface area contributed by atoms with E-state index in [1.54, 1.807) is 30.3 Å². The Morgan fingerprint density at radius 1 is 1.18 bits per heavy atom. The summed E-state index contributed by atoms with van der Waals surface area (Å²) >= 11 is 0. The first-order chi connectivity index (χ1) is 16.4. The van der Waals surface area contributed by atoms with Crippen LogP contribution in [0.15, 0.2) is 60.2 Å². The molecule has 2 aromatic carbocycles. The molecule has 0 saturated carbocycles. The van der Waals surface area contributed by atoms with E-state index in [0.717, 1.165) is 5.56 Å². The average Bonchev–Trinajstić information content (AvgIpc) is 3.23. The number of hydrogen-bond donors (Lipinski definition) is 3. The van der Waals surface area contributed by atoms with Gasteiger partial charge in [-0.3, -0.25) is 9.59 Å². The molecule has 0 unspecified atom stereocenters. The van der Waals surface area contributed by atoms with E-state index in [-0.39, 0.29) is 26.3 Å². The van der Waals surface area contributed by atoms with Crippen molar-refractivity contribution in [3.63, 3.8) is 0 Å². The lowest BCUT2D eigenvalue weighted by atomic mass is 9.77. The predicted molar refractivity (Wildman–Crippen MR) is 120 cm³/mol. The summed E-state index contributed by atoms with van der Waals surface area (Å²) in [5, 5.41) is 23.2. The summed E-state index contributed by atoms with van der Waals surface area (Å²) in [6, 6.07) is 12.0. The lowest BCUT2D eigenvalue weighted by Gasteiger charge is -2.40. The van der Waals surface area contributed by atoms with Crippen molar-refractivity contribution < 1.29 is 33.7 Å². The normalized spacial score (nSPS) is 22.8. The molecular weight excluding hydrogens is 443 g/mol. The molecule has 0 saturated heterocycles. The van der Waals surface area contributed by atoms with E-state index >= 15 is 0 Å². The van der Waals surface area contributed by atoms with E-state index in [1.165, 1.54) is 24.1 Å². The van der Waals surface area contributed by atoms with Gasteiger partial charge >= 0.3 is 0 Å². The van der Waals surface area contributed by atoms with Crippen LogP contribution in [0.2, 0.25) is 0 Å². The number of hydrogen-bond acceptors (Lipinski definition) is 6. The molecule has 1 aliphatic heterocycles. The number of carbonyl (C=O) groups excluding carboxylic acids is 2. The number of aliphatic hydroxyl groups is 2. The topological polar surface area (TPSA) is 108 Å². The lowest BCUT2D eigenvalue weighted by molar-refractivity contribution is -0.141. The molecule has 4 rings (SSSR count). The summed E-state index contributed by atoms with van der Waals surface area (Å²) in [5.41, 5.74) is 1.76. The highest BCUT2D eigenvalue weighted by Gasteiger charge is 2.50. The van der Waals surface area contributed by atoms with Crippen molar-refractivity contribution in [2.24, 2.45) is 0 Å². The molecule has 0 radical (unpaired) electrons. The Morgan fingerprint density at radius 2 is 1.91 bits per heavy atom. The molecule has 2 aromatic rings. The van der Waals surface area contributed by atoms with Gasteiger partial charge in [-0.2, -0.15) is 0 Å². The first-order valence-corrected chi connectivity index (χ1v) is 11.0. The van der Waals surface area contributed by atoms with Crippen LogP contribution in [0.5, 0.6) is 5.75 Å². The average molecular weight is 470 g/mol. The van der Waals surface area contributed by atoms with Gasteiger partial charge < -0.3 is 29.9 Å². The molecule has 0 aromatic heterocycles. The molecule has 34 heavy (non-hydrogen) atoms. The van der Waals surface area contributed by atoms with Gasteiger partial charge in [-0.05, 0) is 29.8 Å². The second-order valence-electron chi connectivity index (χ2n) is 8.26. The Bertz CT molecular complexity index is 1070. The molecular formula is C25H27FN2O6. The third-order valence-electron chi connectivity index (χ3n) is 6.09. The molecule has 0 fully saturated rings. The number of rotatable bonds is 8. The van der Waals surface area contributed by atoms with E-state index in [1.807, 2.05) is 12.1 Å². The first-order valence-electron chi connectivity index (χ1n) is 11.0. The second kappa shape index (κ2) is 10.3. The van der Waals surface area contributed by atoms with Crippen molar-refractivity contribution in [1.82, 2.24) is 10.2 Å². The summed E-state index contributed by atoms with van der Waals surface area (Å²) in [7, 11) is 1.39. The third kappa shape index (κ3) is 4.68. The van der Waals surface area contributed by atoms with Gasteiger partial charge in [0.25, 0.3) is 0 Å². The number of benzene rings is 2. The lowest BCUT2D eigenvalue weighted by Crippen LogP contribution is -2.56. The maximum atomic E-state index is 13.4. The number of aliphatic hydroxyl groups excluding tert-OH is 2. The number of para-hydroxylation sites is 1. The highest BCUT2D eigenvalue weighted by Crippen LogP contribution is 2.47. The van der Waals surface area contributed by atoms with Crippen molar-refractivity contribution in [3.05, 3.63) is 77.1 Å². The quantitative estimate of drug-likeness (QED) is 0.534. The molecule has 180 valence electrons. The van der Waals surface area contributed by atoms with Crippen LogP contribution in [-0.4, -0.2) is 72.0 Å². The molecule has 4 atom stereocenters. The van der Waals surface area contributed by atoms with E-state index in [0.29, 0.717) is 16.9 Å². The number of nitrogens with zero attached hydrogens (tertiary/aromatic N) is 1. The molecule has 3 N–H and O–H groups in total. The van der Waals surface area contributed by atoms with Crippen LogP contribution in [0.25, 0.3) is 0 Å². The maximum Gasteiger partial charge on any atom is 0.249 e. The van der Waals surface area contributed by atoms with Crippen LogP contribution in [0.1, 0.15) is 17.0 Å². The van der Waals surface area contributed by atoms with Crippen LogP contribution in [0.4, 0.5) is 4.39 Å². The molecule has 0 spiro atoms. The summed E-state index contributed by atoms with van der Waals surface area (Å²) < 4.78 is 24.5. The summed E-state index contributed by atoms with van der Waals surface area (Å²) in [6.07, 6.45) is -0.359. The zero-order valence-corrected chi connectivity index (χ0v) is 18.7. The van der Waals surface area contributed by atoms with Crippen LogP contribution < -0.4 is 10.1 Å². The van der Waals surface area contributed by atoms with Gasteiger partial charge in [0.15, 0.2) is 0 Å². The standard InChI is InChI=1S/C25H27FN2O6/c1-33-14-21(30)28(13-15-6-8-16(26)9-7-15)19-12-18(25(32)27-10-11-29)22-17-4-2-3-5-20(17)34-24(22)23(19)31/h2-9,12,19,22-24,29,31H,10-11,13-14H2,1H3,(H,27,32)/t19-,22+,23+,24+/m1/s1. The summed E-state index contributed by atoms with van der Waals surface area (Å²) in [4.78, 5) is 27.5. The number of methoxy groups -OCH3 is 1. The van der Waals surface area contributed by atoms with Gasteiger partial charge in [0, 0.05) is 31.3 Å². The monoisotopic (exact) mass is 470 g/mol. The zero-order chi connectivity index (χ0) is 24.2. The molecule has 1 heterocycles. The van der Waals surface area contributed by atoms with Crippen LogP contribution in [-0.2, 0) is 20.9 Å². The number of carbonyl (C=O) groups is 2. The minimum Gasteiger partial charge on any atom is -0.486 e. The molecule has 8 nitrogen and oxygen atoms in total. The number of amides is 2. The van der Waals surface area contributed by atoms with E-state index < -0.39 is 41.8 Å². The van der Waals surface area contributed by atoms with Gasteiger partial charge in [-0.25, -0.2) is 4.39 Å². The molecule has 2 amide bonds. The third-order valence-corrected chi connectivity index (χ3v) is 6.09. The van der Waals surface area contributed by atoms with Crippen molar-refractivity contribution in [2.45, 2.75) is 30.7 Å². The van der Waals surface area contributed by atoms with Crippen molar-refractivity contribution >= 4 is 11.8 Å². The Hall–Kier alpha value is -3.27. The van der Waals surface area contributed by atoms with Gasteiger partial charge in [0.2, 0.25) is 11.8 Å². The minimum absolute atomic E-state index is 0.0607. The fraction of sp³-hybridized carbons (Fsp3) is 0.360. The molecule has 9 heteroatoms. The SMILES string of the molecule is COCC(=O)N(Cc1ccc(F)cc1)[C@@H]1C=C(C(=O)NCCO)[C@@H]2c3ccccc3O[C@@H]2[C@H]1O. The fourth-order valence-electron chi connectivity index (χ4n) is 4.54. The number of ether oxygens (including phenoxy) is 2. The van der Waals surface area contributed by atoms with Crippen molar-refractivity contribution in [2.75, 3.05) is 26.9 Å². The maximum absolute atomic E-state index is 13.4. The molecule has 2 aliphatic rings. The van der Waals surface area contributed by atoms with Gasteiger partial charge in [0.1, 0.15) is 30.4 Å². The molecule has 0 bridgehead atoms. The van der Waals surface area contributed by atoms with Gasteiger partial charge in [-0.15, -0.1) is 0 Å². The summed E-state index contributed by atoms with van der Waals surface area (Å²) in [6.45, 7) is -0.337. The molecule has 1 aliphatic carbocycles. The van der Waals surface area contributed by atoms with Crippen LogP contribution in [0.3, 0.4) is 0 Å². The van der Waals surface area contributed by atoms with Crippen LogP contribution in [0, 0.1) is 5.82 Å². The predicted octanol–water partition coefficient (Wildman–Crippen LogP) is 1.12. The second-order valence-corrected chi connectivity index (χ2v) is 8.26. The smallest absolute Gasteiger partial charge is 0.249 e. The van der Waals surface area contributed by atoms with Crippen molar-refractivity contribution in [1.29, 1.82) is 0 Å². The Balaban J connectivity index is 1.74. The fourth-order valence-corrected chi connectivity index (χ4v) is 4.54. The number of fused-ring (bicyclic) bond motifs is 3. The van der Waals surface area contributed by atoms with Crippen LogP contribution >= 0.6 is 0 Å². The highest BCUT2D eigenvalue weighted by atomic mass is 19.1. The minimum atomic E-state index is -1.15. The highest BCUT2D eigenvalue weighted by molar-refractivity contribution is 5.96. The van der Waals surface area contributed by atoms with E-state index in [4.69, 9.17) is 14.6 Å². The summed E-state index contributed by atoms with van der Waals surface area (Å²) in [5.74, 6) is -1.20. The van der Waals surface area contributed by atoms with Gasteiger partial charge in [-0.1, -0.05) is 30.3 Å². The zero-order valence-electron chi connectivity index (χ0n) is 18.7. The Morgan fingerprint density at radius 3 is 2.62 bits per heavy atom. The number of halogens is 1. The number of nitrogens with one attached hydrogen (secondary N) is 1.